The third kappa shape index (κ3) is 4.99. The first-order valence-electron chi connectivity index (χ1n) is 8.42. The standard InChI is InChI=1S/C16H29N3OS/c1-4-14(17-5-2)12(3)16-18-15(19-20-16)11-21-13-9-7-6-8-10-13/h12-14,17H,4-11H2,1-3H3. The summed E-state index contributed by atoms with van der Waals surface area (Å²) in [5.41, 5.74) is 0. The Labute approximate surface area is 132 Å². The Morgan fingerprint density at radius 1 is 1.29 bits per heavy atom. The summed E-state index contributed by atoms with van der Waals surface area (Å²) in [6.07, 6.45) is 7.95. The molecule has 2 unspecified atom stereocenters. The fraction of sp³-hybridized carbons (Fsp3) is 0.875. The van der Waals surface area contributed by atoms with E-state index in [1.165, 1.54) is 32.1 Å². The second kappa shape index (κ2) is 8.79. The van der Waals surface area contributed by atoms with Crippen LogP contribution in [-0.4, -0.2) is 28.0 Å². The van der Waals surface area contributed by atoms with E-state index in [0.29, 0.717) is 6.04 Å². The van der Waals surface area contributed by atoms with Gasteiger partial charge >= 0.3 is 0 Å². The Hall–Kier alpha value is -0.550. The molecule has 2 atom stereocenters. The molecule has 4 nitrogen and oxygen atoms in total. The molecule has 1 aliphatic rings. The molecule has 5 heteroatoms. The largest absolute Gasteiger partial charge is 0.339 e. The highest BCUT2D eigenvalue weighted by molar-refractivity contribution is 7.99. The summed E-state index contributed by atoms with van der Waals surface area (Å²) in [6.45, 7) is 7.47. The number of rotatable bonds is 8. The molecule has 120 valence electrons. The summed E-state index contributed by atoms with van der Waals surface area (Å²) in [4.78, 5) is 4.61. The molecule has 0 spiro atoms. The quantitative estimate of drug-likeness (QED) is 0.782. The van der Waals surface area contributed by atoms with Crippen molar-refractivity contribution in [3.8, 4) is 0 Å². The lowest BCUT2D eigenvalue weighted by Crippen LogP contribution is -2.33. The van der Waals surface area contributed by atoms with Crippen molar-refractivity contribution < 1.29 is 4.52 Å². The summed E-state index contributed by atoms with van der Waals surface area (Å²) in [5.74, 6) is 2.80. The van der Waals surface area contributed by atoms with Crippen LogP contribution in [0.5, 0.6) is 0 Å². The molecule has 0 saturated heterocycles. The van der Waals surface area contributed by atoms with Crippen LogP contribution in [0.4, 0.5) is 0 Å². The molecule has 1 aromatic rings. The second-order valence-corrected chi connectivity index (χ2v) is 7.27. The molecule has 1 N–H and O–H groups in total. The first-order valence-corrected chi connectivity index (χ1v) is 9.46. The molecular weight excluding hydrogens is 282 g/mol. The van der Waals surface area contributed by atoms with Gasteiger partial charge < -0.3 is 9.84 Å². The number of nitrogens with one attached hydrogen (secondary N) is 1. The molecule has 1 aliphatic carbocycles. The van der Waals surface area contributed by atoms with Crippen LogP contribution in [0, 0.1) is 0 Å². The van der Waals surface area contributed by atoms with Crippen molar-refractivity contribution in [3.05, 3.63) is 11.7 Å². The van der Waals surface area contributed by atoms with Gasteiger partial charge in [-0.2, -0.15) is 16.7 Å². The van der Waals surface area contributed by atoms with Crippen molar-refractivity contribution >= 4 is 11.8 Å². The van der Waals surface area contributed by atoms with Gasteiger partial charge in [-0.05, 0) is 25.8 Å². The van der Waals surface area contributed by atoms with Crippen LogP contribution in [0.1, 0.15) is 76.9 Å². The van der Waals surface area contributed by atoms with Crippen molar-refractivity contribution in [2.24, 2.45) is 0 Å². The lowest BCUT2D eigenvalue weighted by atomic mass is 9.99. The molecule has 1 saturated carbocycles. The third-order valence-electron chi connectivity index (χ3n) is 4.38. The van der Waals surface area contributed by atoms with Crippen molar-refractivity contribution in [1.29, 1.82) is 0 Å². The molecular formula is C16H29N3OS. The summed E-state index contributed by atoms with van der Waals surface area (Å²) in [7, 11) is 0. The normalized spacial score (nSPS) is 19.6. The first-order chi connectivity index (χ1) is 10.2. The Bertz CT molecular complexity index is 404. The van der Waals surface area contributed by atoms with E-state index in [0.717, 1.165) is 35.7 Å². The van der Waals surface area contributed by atoms with Gasteiger partial charge in [0.1, 0.15) is 0 Å². The van der Waals surface area contributed by atoms with Crippen LogP contribution in [-0.2, 0) is 5.75 Å². The van der Waals surface area contributed by atoms with Crippen LogP contribution in [0.3, 0.4) is 0 Å². The minimum absolute atomic E-state index is 0.274. The van der Waals surface area contributed by atoms with Crippen molar-refractivity contribution in [3.63, 3.8) is 0 Å². The van der Waals surface area contributed by atoms with Gasteiger partial charge in [0.05, 0.1) is 11.7 Å². The Kier molecular flexibility index (Phi) is 7.04. The lowest BCUT2D eigenvalue weighted by Gasteiger charge is -2.20. The number of hydrogen-bond acceptors (Lipinski definition) is 5. The van der Waals surface area contributed by atoms with Crippen LogP contribution in [0.2, 0.25) is 0 Å². The van der Waals surface area contributed by atoms with E-state index in [1.54, 1.807) is 0 Å². The maximum Gasteiger partial charge on any atom is 0.231 e. The Balaban J connectivity index is 1.85. The van der Waals surface area contributed by atoms with Gasteiger partial charge in [-0.15, -0.1) is 0 Å². The zero-order chi connectivity index (χ0) is 15.1. The van der Waals surface area contributed by atoms with Crippen LogP contribution in [0.25, 0.3) is 0 Å². The number of nitrogens with zero attached hydrogens (tertiary/aromatic N) is 2. The topological polar surface area (TPSA) is 51.0 Å². The maximum atomic E-state index is 5.48. The number of hydrogen-bond donors (Lipinski definition) is 1. The second-order valence-electron chi connectivity index (χ2n) is 5.98. The van der Waals surface area contributed by atoms with E-state index in [4.69, 9.17) is 4.52 Å². The van der Waals surface area contributed by atoms with Crippen molar-refractivity contribution in [1.82, 2.24) is 15.5 Å². The van der Waals surface area contributed by atoms with Gasteiger partial charge in [0, 0.05) is 11.3 Å². The van der Waals surface area contributed by atoms with Gasteiger partial charge in [-0.1, -0.05) is 45.2 Å². The van der Waals surface area contributed by atoms with Crippen LogP contribution >= 0.6 is 11.8 Å². The molecule has 1 fully saturated rings. The third-order valence-corrected chi connectivity index (χ3v) is 5.75. The van der Waals surface area contributed by atoms with Gasteiger partial charge in [0.25, 0.3) is 0 Å². The first kappa shape index (κ1) is 16.8. The van der Waals surface area contributed by atoms with Crippen LogP contribution < -0.4 is 5.32 Å². The van der Waals surface area contributed by atoms with E-state index in [9.17, 15) is 0 Å². The van der Waals surface area contributed by atoms with Crippen LogP contribution in [0.15, 0.2) is 4.52 Å². The van der Waals surface area contributed by atoms with Crippen molar-refractivity contribution in [2.45, 2.75) is 82.3 Å². The smallest absolute Gasteiger partial charge is 0.231 e. The lowest BCUT2D eigenvalue weighted by molar-refractivity contribution is 0.320. The van der Waals surface area contributed by atoms with Crippen molar-refractivity contribution in [2.75, 3.05) is 6.54 Å². The number of thioether (sulfide) groups is 1. The molecule has 0 aromatic carbocycles. The Morgan fingerprint density at radius 2 is 2.05 bits per heavy atom. The van der Waals surface area contributed by atoms with E-state index < -0.39 is 0 Å². The SMILES string of the molecule is CCNC(CC)C(C)c1nc(CSC2CCCCC2)no1. The summed E-state index contributed by atoms with van der Waals surface area (Å²) in [6, 6.07) is 0.411. The summed E-state index contributed by atoms with van der Waals surface area (Å²) in [5, 5.41) is 8.45. The van der Waals surface area contributed by atoms with Gasteiger partial charge in [-0.25, -0.2) is 0 Å². The summed E-state index contributed by atoms with van der Waals surface area (Å²) < 4.78 is 5.48. The molecule has 2 rings (SSSR count). The number of likely N-dealkylation sites (N-methyl/N-ethyl adjacent to an activating group) is 1. The molecule has 1 aromatic heterocycles. The fourth-order valence-electron chi connectivity index (χ4n) is 3.04. The maximum absolute atomic E-state index is 5.48. The predicted octanol–water partition coefficient (Wildman–Crippen LogP) is 4.13. The molecule has 0 aliphatic heterocycles. The average Bonchev–Trinajstić information content (AvgIpc) is 3.00. The minimum atomic E-state index is 0.274. The Morgan fingerprint density at radius 3 is 2.71 bits per heavy atom. The monoisotopic (exact) mass is 311 g/mol. The highest BCUT2D eigenvalue weighted by Crippen LogP contribution is 2.30. The molecule has 0 bridgehead atoms. The van der Waals surface area contributed by atoms with Gasteiger partial charge in [-0.3, -0.25) is 0 Å². The van der Waals surface area contributed by atoms with E-state index >= 15 is 0 Å². The van der Waals surface area contributed by atoms with Gasteiger partial charge in [0.2, 0.25) is 5.89 Å². The highest BCUT2D eigenvalue weighted by atomic mass is 32.2. The minimum Gasteiger partial charge on any atom is -0.339 e. The van der Waals surface area contributed by atoms with E-state index in [1.807, 2.05) is 11.8 Å². The zero-order valence-electron chi connectivity index (χ0n) is 13.6. The molecule has 21 heavy (non-hydrogen) atoms. The molecule has 1 heterocycles. The van der Waals surface area contributed by atoms with Gasteiger partial charge in [0.15, 0.2) is 5.82 Å². The average molecular weight is 311 g/mol. The van der Waals surface area contributed by atoms with E-state index in [-0.39, 0.29) is 5.92 Å². The highest BCUT2D eigenvalue weighted by Gasteiger charge is 2.22. The van der Waals surface area contributed by atoms with E-state index in [2.05, 4.69) is 36.2 Å². The molecule has 0 radical (unpaired) electrons. The molecule has 0 amide bonds. The predicted molar refractivity (Wildman–Crippen MR) is 88.6 cm³/mol. The number of aromatic nitrogens is 2. The zero-order valence-corrected chi connectivity index (χ0v) is 14.4. The summed E-state index contributed by atoms with van der Waals surface area (Å²) >= 11 is 2.00. The fourth-order valence-corrected chi connectivity index (χ4v) is 4.21.